The summed E-state index contributed by atoms with van der Waals surface area (Å²) < 4.78 is 5.45. The molecule has 2 aliphatic rings. The number of ether oxygens (including phenoxy) is 1. The van der Waals surface area contributed by atoms with Gasteiger partial charge in [0.2, 0.25) is 5.91 Å². The zero-order valence-electron chi connectivity index (χ0n) is 12.0. The minimum absolute atomic E-state index is 0.0741. The summed E-state index contributed by atoms with van der Waals surface area (Å²) in [6.07, 6.45) is 2.56. The number of amides is 3. The van der Waals surface area contributed by atoms with Crippen LogP contribution >= 0.6 is 0 Å². The normalized spacial score (nSPS) is 20.5. The summed E-state index contributed by atoms with van der Waals surface area (Å²) >= 11 is 0. The van der Waals surface area contributed by atoms with Gasteiger partial charge in [0.05, 0.1) is 12.5 Å². The third-order valence-electron chi connectivity index (χ3n) is 3.93. The first-order chi connectivity index (χ1) is 10.1. The molecule has 6 nitrogen and oxygen atoms in total. The van der Waals surface area contributed by atoms with Gasteiger partial charge in [0.25, 0.3) is 0 Å². The predicted molar refractivity (Wildman–Crippen MR) is 79.6 cm³/mol. The molecule has 21 heavy (non-hydrogen) atoms. The van der Waals surface area contributed by atoms with E-state index < -0.39 is 0 Å². The van der Waals surface area contributed by atoms with Gasteiger partial charge in [-0.3, -0.25) is 4.79 Å². The van der Waals surface area contributed by atoms with Crippen LogP contribution in [0.2, 0.25) is 0 Å². The van der Waals surface area contributed by atoms with Crippen molar-refractivity contribution in [3.63, 3.8) is 0 Å². The number of nitrogens with one attached hydrogen (secondary N) is 2. The summed E-state index contributed by atoms with van der Waals surface area (Å²) in [6, 6.07) is 5.26. The SMILES string of the molecule is CN1C(=O)Cc2cc(NC(=O)NCC3CCCO3)ccc21. The summed E-state index contributed by atoms with van der Waals surface area (Å²) in [7, 11) is 1.76. The zero-order chi connectivity index (χ0) is 14.8. The second-order valence-electron chi connectivity index (χ2n) is 5.44. The van der Waals surface area contributed by atoms with E-state index in [2.05, 4.69) is 10.6 Å². The van der Waals surface area contributed by atoms with Crippen LogP contribution in [0.5, 0.6) is 0 Å². The lowest BCUT2D eigenvalue weighted by Crippen LogP contribution is -2.35. The van der Waals surface area contributed by atoms with E-state index in [0.717, 1.165) is 30.7 Å². The van der Waals surface area contributed by atoms with Gasteiger partial charge in [-0.15, -0.1) is 0 Å². The number of carbonyl (C=O) groups excluding carboxylic acids is 2. The van der Waals surface area contributed by atoms with E-state index in [4.69, 9.17) is 4.74 Å². The topological polar surface area (TPSA) is 70.7 Å². The van der Waals surface area contributed by atoms with Crippen molar-refractivity contribution in [3.8, 4) is 0 Å². The van der Waals surface area contributed by atoms with Gasteiger partial charge >= 0.3 is 6.03 Å². The van der Waals surface area contributed by atoms with Crippen molar-refractivity contribution in [1.29, 1.82) is 0 Å². The van der Waals surface area contributed by atoms with Crippen molar-refractivity contribution in [2.45, 2.75) is 25.4 Å². The lowest BCUT2D eigenvalue weighted by Gasteiger charge is -2.13. The Bertz CT molecular complexity index is 567. The molecule has 0 aliphatic carbocycles. The number of anilines is 2. The number of nitrogens with zero attached hydrogens (tertiary/aromatic N) is 1. The number of rotatable bonds is 3. The van der Waals surface area contributed by atoms with Gasteiger partial charge in [-0.25, -0.2) is 4.79 Å². The van der Waals surface area contributed by atoms with Crippen LogP contribution in [0.3, 0.4) is 0 Å². The van der Waals surface area contributed by atoms with Gasteiger partial charge in [0.1, 0.15) is 0 Å². The smallest absolute Gasteiger partial charge is 0.319 e. The molecule has 1 aromatic carbocycles. The average Bonchev–Trinajstić information content (AvgIpc) is 3.06. The molecule has 2 heterocycles. The van der Waals surface area contributed by atoms with Gasteiger partial charge in [-0.2, -0.15) is 0 Å². The Morgan fingerprint density at radius 3 is 3.10 bits per heavy atom. The summed E-state index contributed by atoms with van der Waals surface area (Å²) in [6.45, 7) is 1.30. The van der Waals surface area contributed by atoms with E-state index in [-0.39, 0.29) is 18.0 Å². The van der Waals surface area contributed by atoms with Crippen LogP contribution in [0, 0.1) is 0 Å². The summed E-state index contributed by atoms with van der Waals surface area (Å²) in [5, 5.41) is 5.60. The maximum atomic E-state index is 11.8. The molecule has 3 rings (SSSR count). The van der Waals surface area contributed by atoms with Crippen molar-refractivity contribution < 1.29 is 14.3 Å². The highest BCUT2D eigenvalue weighted by molar-refractivity contribution is 6.01. The van der Waals surface area contributed by atoms with E-state index in [9.17, 15) is 9.59 Å². The van der Waals surface area contributed by atoms with Crippen LogP contribution in [0.15, 0.2) is 18.2 Å². The molecule has 0 spiro atoms. The predicted octanol–water partition coefficient (Wildman–Crippen LogP) is 1.51. The minimum atomic E-state index is -0.247. The van der Waals surface area contributed by atoms with Gasteiger partial charge in [0, 0.05) is 31.6 Å². The number of hydrogen-bond donors (Lipinski definition) is 2. The van der Waals surface area contributed by atoms with E-state index in [0.29, 0.717) is 18.7 Å². The first-order valence-electron chi connectivity index (χ1n) is 7.19. The van der Waals surface area contributed by atoms with Crippen LogP contribution in [0.4, 0.5) is 16.2 Å². The zero-order valence-corrected chi connectivity index (χ0v) is 12.0. The third-order valence-corrected chi connectivity index (χ3v) is 3.93. The van der Waals surface area contributed by atoms with Crippen LogP contribution in [0.25, 0.3) is 0 Å². The first-order valence-corrected chi connectivity index (χ1v) is 7.19. The molecule has 0 aromatic heterocycles. The minimum Gasteiger partial charge on any atom is -0.376 e. The first kappa shape index (κ1) is 13.9. The molecule has 1 fully saturated rings. The standard InChI is InChI=1S/C15H19N3O3/c1-18-13-5-4-11(7-10(13)8-14(18)19)17-15(20)16-9-12-3-2-6-21-12/h4-5,7,12H,2-3,6,8-9H2,1H3,(H2,16,17,20). The van der Waals surface area contributed by atoms with Crippen molar-refractivity contribution >= 4 is 23.3 Å². The Morgan fingerprint density at radius 1 is 1.48 bits per heavy atom. The van der Waals surface area contributed by atoms with E-state index >= 15 is 0 Å². The Kier molecular flexibility index (Phi) is 3.79. The monoisotopic (exact) mass is 289 g/mol. The number of carbonyl (C=O) groups is 2. The Labute approximate surface area is 123 Å². The Morgan fingerprint density at radius 2 is 2.33 bits per heavy atom. The van der Waals surface area contributed by atoms with Crippen LogP contribution in [-0.4, -0.2) is 38.2 Å². The lowest BCUT2D eigenvalue weighted by molar-refractivity contribution is -0.117. The maximum Gasteiger partial charge on any atom is 0.319 e. The third kappa shape index (κ3) is 3.00. The highest BCUT2D eigenvalue weighted by Crippen LogP contribution is 2.29. The molecule has 3 amide bonds. The van der Waals surface area contributed by atoms with E-state index in [1.165, 1.54) is 0 Å². The van der Waals surface area contributed by atoms with E-state index in [1.54, 1.807) is 18.0 Å². The molecular formula is C15H19N3O3. The number of likely N-dealkylation sites (N-methyl/N-ethyl adjacent to an activating group) is 1. The Balaban J connectivity index is 1.57. The quantitative estimate of drug-likeness (QED) is 0.886. The van der Waals surface area contributed by atoms with Crippen molar-refractivity contribution in [2.75, 3.05) is 30.4 Å². The number of hydrogen-bond acceptors (Lipinski definition) is 3. The molecule has 2 N–H and O–H groups in total. The molecule has 0 bridgehead atoms. The summed E-state index contributed by atoms with van der Waals surface area (Å²) in [4.78, 5) is 25.1. The molecule has 112 valence electrons. The largest absolute Gasteiger partial charge is 0.376 e. The van der Waals surface area contributed by atoms with Gasteiger partial charge in [0.15, 0.2) is 0 Å². The van der Waals surface area contributed by atoms with Crippen LogP contribution in [-0.2, 0) is 16.0 Å². The highest BCUT2D eigenvalue weighted by atomic mass is 16.5. The maximum absolute atomic E-state index is 11.8. The molecule has 2 aliphatic heterocycles. The number of benzene rings is 1. The second-order valence-corrected chi connectivity index (χ2v) is 5.44. The van der Waals surface area contributed by atoms with Crippen molar-refractivity contribution in [2.24, 2.45) is 0 Å². The fourth-order valence-electron chi connectivity index (χ4n) is 2.74. The summed E-state index contributed by atoms with van der Waals surface area (Å²) in [5.41, 5.74) is 2.55. The van der Waals surface area contributed by atoms with Crippen LogP contribution < -0.4 is 15.5 Å². The molecule has 1 aromatic rings. The van der Waals surface area contributed by atoms with Gasteiger partial charge < -0.3 is 20.3 Å². The lowest BCUT2D eigenvalue weighted by atomic mass is 10.1. The molecule has 0 radical (unpaired) electrons. The van der Waals surface area contributed by atoms with Crippen LogP contribution in [0.1, 0.15) is 18.4 Å². The molecule has 1 saturated heterocycles. The van der Waals surface area contributed by atoms with Gasteiger partial charge in [-0.05, 0) is 36.6 Å². The van der Waals surface area contributed by atoms with E-state index in [1.807, 2.05) is 12.1 Å². The molecular weight excluding hydrogens is 270 g/mol. The fourth-order valence-corrected chi connectivity index (χ4v) is 2.74. The van der Waals surface area contributed by atoms with Gasteiger partial charge in [-0.1, -0.05) is 0 Å². The van der Waals surface area contributed by atoms with Crippen molar-refractivity contribution in [3.05, 3.63) is 23.8 Å². The second kappa shape index (κ2) is 5.73. The Hall–Kier alpha value is -2.08. The molecule has 0 saturated carbocycles. The number of fused-ring (bicyclic) bond motifs is 1. The molecule has 1 atom stereocenters. The summed E-state index contributed by atoms with van der Waals surface area (Å²) in [5.74, 6) is 0.0741. The van der Waals surface area contributed by atoms with Crippen molar-refractivity contribution in [1.82, 2.24) is 5.32 Å². The molecule has 1 unspecified atom stereocenters. The fraction of sp³-hybridized carbons (Fsp3) is 0.467. The average molecular weight is 289 g/mol. The molecule has 6 heteroatoms. The number of urea groups is 1. The highest BCUT2D eigenvalue weighted by Gasteiger charge is 2.24.